The predicted molar refractivity (Wildman–Crippen MR) is 152 cm³/mol. The van der Waals surface area contributed by atoms with Gasteiger partial charge in [0.15, 0.2) is 10.9 Å². The molecule has 2 aliphatic rings. The van der Waals surface area contributed by atoms with Gasteiger partial charge in [0.25, 0.3) is 12.3 Å². The number of carbonyl (C=O) groups excluding carboxylic acids is 2. The molecule has 0 saturated carbocycles. The third kappa shape index (κ3) is 6.14. The molecule has 1 atom stereocenters. The number of nitrogens with one attached hydrogen (secondary N) is 2. The zero-order chi connectivity index (χ0) is 29.1. The maximum atomic E-state index is 13.7. The van der Waals surface area contributed by atoms with E-state index in [0.717, 1.165) is 23.2 Å². The Kier molecular flexibility index (Phi) is 8.44. The van der Waals surface area contributed by atoms with E-state index in [4.69, 9.17) is 4.74 Å². The maximum absolute atomic E-state index is 13.7. The van der Waals surface area contributed by atoms with Crippen molar-refractivity contribution in [2.75, 3.05) is 12.4 Å². The van der Waals surface area contributed by atoms with Crippen molar-refractivity contribution in [1.29, 1.82) is 0 Å². The number of halogens is 2. The monoisotopic (exact) mass is 577 g/mol. The number of amides is 1. The van der Waals surface area contributed by atoms with E-state index in [1.54, 1.807) is 44.5 Å². The highest BCUT2D eigenvalue weighted by atomic mass is 32.2. The summed E-state index contributed by atoms with van der Waals surface area (Å²) in [4.78, 5) is 39.5. The van der Waals surface area contributed by atoms with E-state index in [0.29, 0.717) is 52.7 Å². The van der Waals surface area contributed by atoms with Crippen LogP contribution in [-0.2, 0) is 15.3 Å². The summed E-state index contributed by atoms with van der Waals surface area (Å²) in [6.07, 6.45) is 0.743. The number of ether oxygens (including phenoxy) is 1. The van der Waals surface area contributed by atoms with Gasteiger partial charge in [0.05, 0.1) is 7.11 Å². The first-order valence-electron chi connectivity index (χ1n) is 13.1. The lowest BCUT2D eigenvalue weighted by Crippen LogP contribution is -2.35. The molecule has 11 heteroatoms. The van der Waals surface area contributed by atoms with E-state index in [1.807, 2.05) is 19.1 Å². The van der Waals surface area contributed by atoms with Gasteiger partial charge in [0.1, 0.15) is 17.3 Å². The van der Waals surface area contributed by atoms with Crippen molar-refractivity contribution in [2.24, 2.45) is 0 Å². The number of carbonyl (C=O) groups is 2. The number of nitrogens with zero attached hydrogens (tertiary/aromatic N) is 3. The first-order chi connectivity index (χ1) is 19.7. The molecule has 8 nitrogen and oxygen atoms in total. The Hall–Kier alpha value is -4.12. The van der Waals surface area contributed by atoms with Crippen molar-refractivity contribution in [3.05, 3.63) is 93.7 Å². The molecule has 0 saturated heterocycles. The SMILES string of the molecule is COc1ccc(C2C(C(=O)Nc3ccccn3)=C(C)NC3=C2C(=O)CCC3)cc1CSc1nc(C)cc(C(F)F)n1. The van der Waals surface area contributed by atoms with Crippen LogP contribution in [0.5, 0.6) is 5.75 Å². The molecule has 0 radical (unpaired) electrons. The van der Waals surface area contributed by atoms with Gasteiger partial charge in [0, 0.05) is 58.1 Å². The van der Waals surface area contributed by atoms with Gasteiger partial charge in [-0.05, 0) is 56.5 Å². The summed E-state index contributed by atoms with van der Waals surface area (Å²) in [7, 11) is 1.55. The highest BCUT2D eigenvalue weighted by Crippen LogP contribution is 2.43. The Morgan fingerprint density at radius 2 is 2.00 bits per heavy atom. The van der Waals surface area contributed by atoms with Crippen LogP contribution >= 0.6 is 11.8 Å². The van der Waals surface area contributed by atoms with Gasteiger partial charge >= 0.3 is 0 Å². The third-order valence-corrected chi connectivity index (χ3v) is 7.89. The number of thioether (sulfide) groups is 1. The maximum Gasteiger partial charge on any atom is 0.280 e. The molecule has 5 rings (SSSR count). The van der Waals surface area contributed by atoms with Gasteiger partial charge in [-0.3, -0.25) is 9.59 Å². The van der Waals surface area contributed by atoms with E-state index in [1.165, 1.54) is 17.8 Å². The summed E-state index contributed by atoms with van der Waals surface area (Å²) < 4.78 is 32.2. The molecule has 1 aliphatic carbocycles. The minimum atomic E-state index is -2.70. The molecule has 1 unspecified atom stereocenters. The fraction of sp³-hybridized carbons (Fsp3) is 0.300. The van der Waals surface area contributed by atoms with Crippen LogP contribution in [-0.4, -0.2) is 33.8 Å². The number of aromatic nitrogens is 3. The van der Waals surface area contributed by atoms with Crippen molar-refractivity contribution in [3.63, 3.8) is 0 Å². The van der Waals surface area contributed by atoms with Crippen molar-refractivity contribution >= 4 is 29.3 Å². The van der Waals surface area contributed by atoms with Gasteiger partial charge < -0.3 is 15.4 Å². The number of alkyl halides is 2. The molecule has 41 heavy (non-hydrogen) atoms. The fourth-order valence-electron chi connectivity index (χ4n) is 5.21. The molecule has 2 aromatic heterocycles. The second kappa shape index (κ2) is 12.2. The standard InChI is InChI=1S/C30H29F2N5O3S/c1-16-13-21(28(31)32)36-30(34-16)41-15-19-14-18(10-11-23(19)40-3)26-25(29(39)37-24-9-4-5-12-33-24)17(2)35-20-7-6-8-22(38)27(20)26/h4-5,9-14,26,28,35H,6-8,15H2,1-3H3,(H,33,37,39). The lowest BCUT2D eigenvalue weighted by atomic mass is 9.74. The smallest absolute Gasteiger partial charge is 0.280 e. The summed E-state index contributed by atoms with van der Waals surface area (Å²) in [5.41, 5.74) is 4.13. The molecule has 0 fully saturated rings. The van der Waals surface area contributed by atoms with E-state index >= 15 is 0 Å². The highest BCUT2D eigenvalue weighted by molar-refractivity contribution is 7.98. The quantitative estimate of drug-likeness (QED) is 0.247. The summed E-state index contributed by atoms with van der Waals surface area (Å²) in [5.74, 6) is 0.340. The number of anilines is 1. The molecule has 3 heterocycles. The van der Waals surface area contributed by atoms with Gasteiger partial charge in [-0.1, -0.05) is 30.0 Å². The average Bonchev–Trinajstić information content (AvgIpc) is 2.95. The van der Waals surface area contributed by atoms with Crippen LogP contribution in [0.25, 0.3) is 0 Å². The summed E-state index contributed by atoms with van der Waals surface area (Å²) in [6, 6.07) is 12.1. The number of hydrogen-bond acceptors (Lipinski definition) is 8. The minimum Gasteiger partial charge on any atom is -0.496 e. The van der Waals surface area contributed by atoms with Crippen LogP contribution in [0.4, 0.5) is 14.6 Å². The van der Waals surface area contributed by atoms with Crippen molar-refractivity contribution in [1.82, 2.24) is 20.3 Å². The number of dihydropyridines is 1. The number of Topliss-reactive ketones (excluding diaryl/α,β-unsaturated/α-hetero) is 1. The van der Waals surface area contributed by atoms with Crippen molar-refractivity contribution in [3.8, 4) is 5.75 Å². The lowest BCUT2D eigenvalue weighted by molar-refractivity contribution is -0.116. The molecular weight excluding hydrogens is 548 g/mol. The lowest BCUT2D eigenvalue weighted by Gasteiger charge is -2.34. The van der Waals surface area contributed by atoms with Crippen LogP contribution in [0.15, 0.2) is 76.4 Å². The topological polar surface area (TPSA) is 106 Å². The van der Waals surface area contributed by atoms with E-state index in [2.05, 4.69) is 25.6 Å². The average molecular weight is 578 g/mol. The number of allylic oxidation sites excluding steroid dienone is 3. The van der Waals surface area contributed by atoms with Crippen LogP contribution < -0.4 is 15.4 Å². The molecular formula is C30H29F2N5O3S. The Labute approximate surface area is 240 Å². The number of rotatable bonds is 8. The molecule has 1 aliphatic heterocycles. The van der Waals surface area contributed by atoms with Gasteiger partial charge in [-0.25, -0.2) is 23.7 Å². The van der Waals surface area contributed by atoms with E-state index < -0.39 is 12.3 Å². The van der Waals surface area contributed by atoms with Crippen LogP contribution in [0.3, 0.4) is 0 Å². The number of methoxy groups -OCH3 is 1. The second-order valence-electron chi connectivity index (χ2n) is 9.81. The largest absolute Gasteiger partial charge is 0.496 e. The van der Waals surface area contributed by atoms with E-state index in [-0.39, 0.29) is 22.5 Å². The number of hydrogen-bond donors (Lipinski definition) is 2. The molecule has 212 valence electrons. The predicted octanol–water partition coefficient (Wildman–Crippen LogP) is 6.03. The Balaban J connectivity index is 1.53. The summed E-state index contributed by atoms with van der Waals surface area (Å²) in [5, 5.41) is 6.42. The molecule has 0 spiro atoms. The zero-order valence-electron chi connectivity index (χ0n) is 22.8. The van der Waals surface area contributed by atoms with Crippen LogP contribution in [0.1, 0.15) is 61.0 Å². The van der Waals surface area contributed by atoms with Crippen molar-refractivity contribution < 1.29 is 23.1 Å². The Morgan fingerprint density at radius 3 is 2.73 bits per heavy atom. The first kappa shape index (κ1) is 28.4. The molecule has 1 aromatic carbocycles. The van der Waals surface area contributed by atoms with Crippen LogP contribution in [0.2, 0.25) is 0 Å². The molecule has 3 aromatic rings. The number of pyridine rings is 1. The summed E-state index contributed by atoms with van der Waals surface area (Å²) in [6.45, 7) is 3.48. The van der Waals surface area contributed by atoms with Crippen LogP contribution in [0, 0.1) is 6.92 Å². The number of benzene rings is 1. The normalized spacial score (nSPS) is 16.9. The van der Waals surface area contributed by atoms with Gasteiger partial charge in [0.2, 0.25) is 0 Å². The number of ketones is 1. The second-order valence-corrected chi connectivity index (χ2v) is 10.8. The molecule has 2 N–H and O–H groups in total. The van der Waals surface area contributed by atoms with E-state index in [9.17, 15) is 18.4 Å². The molecule has 1 amide bonds. The first-order valence-corrected chi connectivity index (χ1v) is 14.1. The number of aryl methyl sites for hydroxylation is 1. The minimum absolute atomic E-state index is 0.00109. The van der Waals surface area contributed by atoms with Gasteiger partial charge in [-0.15, -0.1) is 0 Å². The van der Waals surface area contributed by atoms with Gasteiger partial charge in [-0.2, -0.15) is 0 Å². The highest BCUT2D eigenvalue weighted by Gasteiger charge is 2.38. The zero-order valence-corrected chi connectivity index (χ0v) is 23.6. The van der Waals surface area contributed by atoms with Crippen molar-refractivity contribution in [2.45, 2.75) is 56.4 Å². The third-order valence-electron chi connectivity index (χ3n) is 7.00. The molecule has 0 bridgehead atoms. The Bertz CT molecular complexity index is 1560. The fourth-order valence-corrected chi connectivity index (χ4v) is 6.10. The Morgan fingerprint density at radius 1 is 1.17 bits per heavy atom. The summed E-state index contributed by atoms with van der Waals surface area (Å²) >= 11 is 1.21.